The standard InChI is InChI=1S/C7H13NO3/c1-3-4(2)5(6(8)9)7(10)11/h4-5H,3H2,1-2H3,(H2,8,9)(H,10,11)/t4-,5-/m0/s1. The van der Waals surface area contributed by atoms with Gasteiger partial charge in [-0.25, -0.2) is 0 Å². The number of hydrogen-bond donors (Lipinski definition) is 2. The first-order valence-corrected chi connectivity index (χ1v) is 3.52. The Hall–Kier alpha value is -1.06. The molecular formula is C7H13NO3. The molecule has 0 saturated heterocycles. The second-order valence-electron chi connectivity index (χ2n) is 2.60. The molecular weight excluding hydrogens is 146 g/mol. The van der Waals surface area contributed by atoms with Gasteiger partial charge >= 0.3 is 5.97 Å². The van der Waals surface area contributed by atoms with Gasteiger partial charge in [-0.15, -0.1) is 0 Å². The molecule has 4 heteroatoms. The first-order valence-electron chi connectivity index (χ1n) is 3.52. The summed E-state index contributed by atoms with van der Waals surface area (Å²) in [6.07, 6.45) is 0.639. The molecule has 1 amide bonds. The molecule has 0 fully saturated rings. The number of carbonyl (C=O) groups excluding carboxylic acids is 1. The maximum atomic E-state index is 10.6. The molecule has 4 nitrogen and oxygen atoms in total. The molecule has 2 atom stereocenters. The van der Waals surface area contributed by atoms with Crippen molar-refractivity contribution in [2.75, 3.05) is 0 Å². The number of hydrogen-bond acceptors (Lipinski definition) is 2. The molecule has 0 aromatic carbocycles. The molecule has 0 bridgehead atoms. The largest absolute Gasteiger partial charge is 0.481 e. The number of carboxylic acids is 1. The smallest absolute Gasteiger partial charge is 0.316 e. The van der Waals surface area contributed by atoms with Crippen LogP contribution in [0.5, 0.6) is 0 Å². The Morgan fingerprint density at radius 3 is 2.09 bits per heavy atom. The minimum Gasteiger partial charge on any atom is -0.481 e. The van der Waals surface area contributed by atoms with E-state index in [1.165, 1.54) is 0 Å². The highest BCUT2D eigenvalue weighted by Crippen LogP contribution is 2.14. The molecule has 0 unspecified atom stereocenters. The molecule has 3 N–H and O–H groups in total. The predicted octanol–water partition coefficient (Wildman–Crippen LogP) is 0.219. The lowest BCUT2D eigenvalue weighted by molar-refractivity contribution is -0.148. The van der Waals surface area contributed by atoms with Gasteiger partial charge in [0.05, 0.1) is 0 Å². The van der Waals surface area contributed by atoms with Crippen LogP contribution in [-0.2, 0) is 9.59 Å². The van der Waals surface area contributed by atoms with Crippen molar-refractivity contribution in [3.05, 3.63) is 0 Å². The summed E-state index contributed by atoms with van der Waals surface area (Å²) in [7, 11) is 0. The molecule has 64 valence electrons. The quantitative estimate of drug-likeness (QED) is 0.576. The number of aliphatic carboxylic acids is 1. The van der Waals surface area contributed by atoms with E-state index in [2.05, 4.69) is 0 Å². The van der Waals surface area contributed by atoms with E-state index in [4.69, 9.17) is 10.8 Å². The van der Waals surface area contributed by atoms with Crippen molar-refractivity contribution in [3.8, 4) is 0 Å². The van der Waals surface area contributed by atoms with E-state index in [1.807, 2.05) is 6.92 Å². The SMILES string of the molecule is CC[C@H](C)[C@@H](C(N)=O)C(=O)O. The fourth-order valence-corrected chi connectivity index (χ4v) is 0.881. The van der Waals surface area contributed by atoms with Gasteiger partial charge < -0.3 is 10.8 Å². The summed E-state index contributed by atoms with van der Waals surface area (Å²) in [5.41, 5.74) is 4.89. The number of carbonyl (C=O) groups is 2. The van der Waals surface area contributed by atoms with Gasteiger partial charge in [0.25, 0.3) is 0 Å². The van der Waals surface area contributed by atoms with Gasteiger partial charge in [-0.05, 0) is 5.92 Å². The van der Waals surface area contributed by atoms with Crippen molar-refractivity contribution in [1.29, 1.82) is 0 Å². The summed E-state index contributed by atoms with van der Waals surface area (Å²) in [6.45, 7) is 3.52. The summed E-state index contributed by atoms with van der Waals surface area (Å²) < 4.78 is 0. The van der Waals surface area contributed by atoms with Crippen molar-refractivity contribution < 1.29 is 14.7 Å². The number of carboxylic acid groups (broad SMARTS) is 1. The fraction of sp³-hybridized carbons (Fsp3) is 0.714. The minimum atomic E-state index is -1.13. The molecule has 0 aromatic heterocycles. The lowest BCUT2D eigenvalue weighted by Crippen LogP contribution is -2.34. The average molecular weight is 159 g/mol. The summed E-state index contributed by atoms with van der Waals surface area (Å²) in [6, 6.07) is 0. The van der Waals surface area contributed by atoms with Gasteiger partial charge in [-0.2, -0.15) is 0 Å². The molecule has 11 heavy (non-hydrogen) atoms. The Labute approximate surface area is 65.4 Å². The maximum Gasteiger partial charge on any atom is 0.316 e. The van der Waals surface area contributed by atoms with E-state index in [0.717, 1.165) is 0 Å². The minimum absolute atomic E-state index is 0.190. The van der Waals surface area contributed by atoms with Crippen LogP contribution in [0.25, 0.3) is 0 Å². The lowest BCUT2D eigenvalue weighted by Gasteiger charge is -2.14. The summed E-state index contributed by atoms with van der Waals surface area (Å²) in [5.74, 6) is -3.12. The van der Waals surface area contributed by atoms with E-state index in [-0.39, 0.29) is 5.92 Å². The highest BCUT2D eigenvalue weighted by Gasteiger charge is 2.28. The number of primary amides is 1. The van der Waals surface area contributed by atoms with Gasteiger partial charge in [0.1, 0.15) is 5.92 Å². The molecule has 0 spiro atoms. The first-order chi connectivity index (χ1) is 5.00. The van der Waals surface area contributed by atoms with Gasteiger partial charge in [-0.1, -0.05) is 20.3 Å². The number of nitrogens with two attached hydrogens (primary N) is 1. The predicted molar refractivity (Wildman–Crippen MR) is 39.8 cm³/mol. The maximum absolute atomic E-state index is 10.6. The van der Waals surface area contributed by atoms with Gasteiger partial charge in [0, 0.05) is 0 Å². The van der Waals surface area contributed by atoms with Crippen molar-refractivity contribution in [3.63, 3.8) is 0 Å². The van der Waals surface area contributed by atoms with Crippen LogP contribution in [0.1, 0.15) is 20.3 Å². The highest BCUT2D eigenvalue weighted by molar-refractivity contribution is 5.96. The highest BCUT2D eigenvalue weighted by atomic mass is 16.4. The Morgan fingerprint density at radius 1 is 1.55 bits per heavy atom. The zero-order chi connectivity index (χ0) is 9.02. The monoisotopic (exact) mass is 159 g/mol. The fourth-order valence-electron chi connectivity index (χ4n) is 0.881. The summed E-state index contributed by atoms with van der Waals surface area (Å²) in [4.78, 5) is 21.0. The third-order valence-electron chi connectivity index (χ3n) is 1.79. The Balaban J connectivity index is 4.34. The van der Waals surface area contributed by atoms with E-state index in [0.29, 0.717) is 6.42 Å². The second kappa shape index (κ2) is 3.95. The van der Waals surface area contributed by atoms with Crippen LogP contribution >= 0.6 is 0 Å². The first kappa shape index (κ1) is 9.94. The zero-order valence-corrected chi connectivity index (χ0v) is 6.70. The van der Waals surface area contributed by atoms with Gasteiger partial charge in [0.2, 0.25) is 5.91 Å². The molecule has 0 aliphatic rings. The van der Waals surface area contributed by atoms with E-state index in [9.17, 15) is 9.59 Å². The third-order valence-corrected chi connectivity index (χ3v) is 1.79. The number of rotatable bonds is 4. The van der Waals surface area contributed by atoms with Gasteiger partial charge in [-0.3, -0.25) is 9.59 Å². The molecule has 0 saturated carbocycles. The second-order valence-corrected chi connectivity index (χ2v) is 2.60. The van der Waals surface area contributed by atoms with Crippen molar-refractivity contribution in [2.24, 2.45) is 17.6 Å². The number of amides is 1. The average Bonchev–Trinajstić information content (AvgIpc) is 1.85. The Bertz CT molecular complexity index is 153. The van der Waals surface area contributed by atoms with Crippen molar-refractivity contribution >= 4 is 11.9 Å². The topological polar surface area (TPSA) is 80.4 Å². The van der Waals surface area contributed by atoms with Gasteiger partial charge in [0.15, 0.2) is 0 Å². The van der Waals surface area contributed by atoms with Crippen LogP contribution in [0, 0.1) is 11.8 Å². The molecule has 0 aliphatic carbocycles. The molecule has 0 aromatic rings. The van der Waals surface area contributed by atoms with Crippen LogP contribution in [0.3, 0.4) is 0 Å². The molecule has 0 heterocycles. The van der Waals surface area contributed by atoms with Crippen LogP contribution in [0.15, 0.2) is 0 Å². The van der Waals surface area contributed by atoms with Crippen LogP contribution in [-0.4, -0.2) is 17.0 Å². The Kier molecular flexibility index (Phi) is 3.57. The van der Waals surface area contributed by atoms with Crippen molar-refractivity contribution in [1.82, 2.24) is 0 Å². The molecule has 0 radical (unpaired) electrons. The third kappa shape index (κ3) is 2.57. The van der Waals surface area contributed by atoms with E-state index >= 15 is 0 Å². The lowest BCUT2D eigenvalue weighted by atomic mass is 9.91. The zero-order valence-electron chi connectivity index (χ0n) is 6.70. The summed E-state index contributed by atoms with van der Waals surface area (Å²) in [5, 5.41) is 8.54. The summed E-state index contributed by atoms with van der Waals surface area (Å²) >= 11 is 0. The molecule has 0 aliphatic heterocycles. The van der Waals surface area contributed by atoms with E-state index < -0.39 is 17.8 Å². The molecule has 0 rings (SSSR count). The van der Waals surface area contributed by atoms with Crippen LogP contribution < -0.4 is 5.73 Å². The van der Waals surface area contributed by atoms with Crippen LogP contribution in [0.2, 0.25) is 0 Å². The van der Waals surface area contributed by atoms with E-state index in [1.54, 1.807) is 6.92 Å². The van der Waals surface area contributed by atoms with Crippen molar-refractivity contribution in [2.45, 2.75) is 20.3 Å². The van der Waals surface area contributed by atoms with Crippen LogP contribution in [0.4, 0.5) is 0 Å². The Morgan fingerprint density at radius 2 is 2.00 bits per heavy atom. The normalized spacial score (nSPS) is 15.5.